The van der Waals surface area contributed by atoms with Crippen molar-refractivity contribution in [3.8, 4) is 0 Å². The molecule has 5 nitrogen and oxygen atoms in total. The Hall–Kier alpha value is -1.18. The topological polar surface area (TPSA) is 75.3 Å². The predicted octanol–water partition coefficient (Wildman–Crippen LogP) is 1.28. The van der Waals surface area contributed by atoms with Gasteiger partial charge in [0.25, 0.3) is 0 Å². The molecule has 1 aromatic carbocycles. The molecule has 1 saturated heterocycles. The number of rotatable bonds is 3. The maximum absolute atomic E-state index is 13.1. The summed E-state index contributed by atoms with van der Waals surface area (Å²) in [6.07, 6.45) is 0. The van der Waals surface area contributed by atoms with Crippen LogP contribution in [-0.4, -0.2) is 26.9 Å². The number of carbonyl (C=O) groups is 1. The van der Waals surface area contributed by atoms with Gasteiger partial charge in [0.05, 0.1) is 9.92 Å². The summed E-state index contributed by atoms with van der Waals surface area (Å²) in [5, 5.41) is 2.31. The Bertz CT molecular complexity index is 661. The molecule has 0 spiro atoms. The number of hydrogen-bond acceptors (Lipinski definition) is 3. The molecule has 1 aromatic rings. The summed E-state index contributed by atoms with van der Waals surface area (Å²) in [5.74, 6) is -1.09. The van der Waals surface area contributed by atoms with Gasteiger partial charge in [-0.1, -0.05) is 25.4 Å². The maximum Gasteiger partial charge on any atom is 0.241 e. The maximum atomic E-state index is 13.1. The lowest BCUT2D eigenvalue weighted by Gasteiger charge is -2.24. The molecule has 1 fully saturated rings. The minimum absolute atomic E-state index is 0.181. The molecule has 2 rings (SSSR count). The molecular formula is C12H14ClFN2O3S. The quantitative estimate of drug-likeness (QED) is 0.881. The van der Waals surface area contributed by atoms with Gasteiger partial charge in [-0.15, -0.1) is 0 Å². The molecule has 2 N–H and O–H groups in total. The minimum atomic E-state index is -3.95. The fourth-order valence-corrected chi connectivity index (χ4v) is 3.59. The fraction of sp³-hybridized carbons (Fsp3) is 0.417. The monoisotopic (exact) mass is 320 g/mol. The van der Waals surface area contributed by atoms with Gasteiger partial charge in [0, 0.05) is 12.0 Å². The van der Waals surface area contributed by atoms with Gasteiger partial charge in [0.15, 0.2) is 0 Å². The second-order valence-corrected chi connectivity index (χ2v) is 7.46. The first-order chi connectivity index (χ1) is 9.13. The standard InChI is InChI=1S/C12H14ClFN2O3S/c1-12(2)6-15-11(17)10(12)16-20(18,19)7-3-4-9(14)8(13)5-7/h3-5,10,16H,6H2,1-2H3,(H,15,17). The Morgan fingerprint density at radius 3 is 2.60 bits per heavy atom. The van der Waals surface area contributed by atoms with E-state index in [1.807, 2.05) is 0 Å². The van der Waals surface area contributed by atoms with Crippen molar-refractivity contribution in [2.24, 2.45) is 5.41 Å². The summed E-state index contributed by atoms with van der Waals surface area (Å²) in [6.45, 7) is 3.93. The minimum Gasteiger partial charge on any atom is -0.354 e. The van der Waals surface area contributed by atoms with Crippen molar-refractivity contribution in [1.29, 1.82) is 0 Å². The van der Waals surface area contributed by atoms with E-state index in [2.05, 4.69) is 10.0 Å². The van der Waals surface area contributed by atoms with Gasteiger partial charge >= 0.3 is 0 Å². The van der Waals surface area contributed by atoms with Crippen LogP contribution in [0.5, 0.6) is 0 Å². The van der Waals surface area contributed by atoms with Crippen molar-refractivity contribution in [1.82, 2.24) is 10.0 Å². The van der Waals surface area contributed by atoms with E-state index in [0.717, 1.165) is 18.2 Å². The molecule has 8 heteroatoms. The van der Waals surface area contributed by atoms with Gasteiger partial charge in [-0.25, -0.2) is 12.8 Å². The van der Waals surface area contributed by atoms with Crippen molar-refractivity contribution in [3.63, 3.8) is 0 Å². The molecule has 0 bridgehead atoms. The first-order valence-electron chi connectivity index (χ1n) is 5.88. The number of carbonyl (C=O) groups excluding carboxylic acids is 1. The van der Waals surface area contributed by atoms with Gasteiger partial charge in [0.2, 0.25) is 15.9 Å². The third-order valence-corrected chi connectivity index (χ3v) is 4.95. The summed E-state index contributed by atoms with van der Waals surface area (Å²) in [7, 11) is -3.95. The first kappa shape index (κ1) is 15.2. The van der Waals surface area contributed by atoms with E-state index >= 15 is 0 Å². The number of sulfonamides is 1. The molecule has 0 radical (unpaired) electrons. The van der Waals surface area contributed by atoms with Gasteiger partial charge in [-0.3, -0.25) is 4.79 Å². The Kier molecular flexibility index (Phi) is 3.79. The molecule has 110 valence electrons. The summed E-state index contributed by atoms with van der Waals surface area (Å²) in [4.78, 5) is 11.5. The van der Waals surface area contributed by atoms with Gasteiger partial charge in [-0.05, 0) is 18.2 Å². The molecule has 1 unspecified atom stereocenters. The van der Waals surface area contributed by atoms with Crippen LogP contribution in [0.3, 0.4) is 0 Å². The van der Waals surface area contributed by atoms with Gasteiger partial charge < -0.3 is 5.32 Å². The van der Waals surface area contributed by atoms with E-state index in [-0.39, 0.29) is 15.8 Å². The predicted molar refractivity (Wildman–Crippen MR) is 72.3 cm³/mol. The Morgan fingerprint density at radius 2 is 2.10 bits per heavy atom. The SMILES string of the molecule is CC1(C)CNC(=O)C1NS(=O)(=O)c1ccc(F)c(Cl)c1. The van der Waals surface area contributed by atoms with Crippen LogP contribution in [0, 0.1) is 11.2 Å². The number of amides is 1. The van der Waals surface area contributed by atoms with Crippen LogP contribution in [0.2, 0.25) is 5.02 Å². The molecule has 1 aliphatic heterocycles. The molecule has 20 heavy (non-hydrogen) atoms. The molecule has 0 saturated carbocycles. The summed E-state index contributed by atoms with van der Waals surface area (Å²) in [5.41, 5.74) is -0.548. The molecule has 0 aromatic heterocycles. The van der Waals surface area contributed by atoms with Crippen LogP contribution in [0.25, 0.3) is 0 Å². The molecule has 1 amide bonds. The van der Waals surface area contributed by atoms with Gasteiger partial charge in [0.1, 0.15) is 11.9 Å². The van der Waals surface area contributed by atoms with E-state index < -0.39 is 27.3 Å². The highest BCUT2D eigenvalue weighted by atomic mass is 35.5. The lowest BCUT2D eigenvalue weighted by atomic mass is 9.88. The zero-order valence-electron chi connectivity index (χ0n) is 10.9. The zero-order valence-corrected chi connectivity index (χ0v) is 12.5. The Morgan fingerprint density at radius 1 is 1.45 bits per heavy atom. The normalized spacial score (nSPS) is 21.8. The number of nitrogens with one attached hydrogen (secondary N) is 2. The largest absolute Gasteiger partial charge is 0.354 e. The first-order valence-corrected chi connectivity index (χ1v) is 7.75. The summed E-state index contributed by atoms with van der Waals surface area (Å²) in [6, 6.07) is 2.20. The second kappa shape index (κ2) is 4.98. The highest BCUT2D eigenvalue weighted by Crippen LogP contribution is 2.27. The third-order valence-electron chi connectivity index (χ3n) is 3.24. The number of benzene rings is 1. The Balaban J connectivity index is 2.32. The van der Waals surface area contributed by atoms with Crippen LogP contribution in [0.4, 0.5) is 4.39 Å². The van der Waals surface area contributed by atoms with Crippen LogP contribution in [0.15, 0.2) is 23.1 Å². The van der Waals surface area contributed by atoms with Gasteiger partial charge in [-0.2, -0.15) is 4.72 Å². The van der Waals surface area contributed by atoms with Crippen molar-refractivity contribution in [2.75, 3.05) is 6.54 Å². The van der Waals surface area contributed by atoms with Crippen molar-refractivity contribution in [2.45, 2.75) is 24.8 Å². The Labute approximate surface area is 121 Å². The second-order valence-electron chi connectivity index (χ2n) is 5.34. The van der Waals surface area contributed by atoms with E-state index in [1.54, 1.807) is 13.8 Å². The lowest BCUT2D eigenvalue weighted by Crippen LogP contribution is -2.46. The molecule has 1 atom stereocenters. The molecule has 0 aliphatic carbocycles. The van der Waals surface area contributed by atoms with Crippen molar-refractivity contribution in [3.05, 3.63) is 29.0 Å². The van der Waals surface area contributed by atoms with Crippen LogP contribution in [-0.2, 0) is 14.8 Å². The van der Waals surface area contributed by atoms with E-state index in [9.17, 15) is 17.6 Å². The highest BCUT2D eigenvalue weighted by Gasteiger charge is 2.43. The van der Waals surface area contributed by atoms with Crippen molar-refractivity contribution >= 4 is 27.5 Å². The van der Waals surface area contributed by atoms with E-state index in [1.165, 1.54) is 0 Å². The fourth-order valence-electron chi connectivity index (χ4n) is 1.95. The molecule has 1 aliphatic rings. The van der Waals surface area contributed by atoms with Crippen LogP contribution >= 0.6 is 11.6 Å². The number of halogens is 2. The summed E-state index contributed by atoms with van der Waals surface area (Å²) >= 11 is 5.57. The van der Waals surface area contributed by atoms with Crippen LogP contribution in [0.1, 0.15) is 13.8 Å². The zero-order chi connectivity index (χ0) is 15.1. The lowest BCUT2D eigenvalue weighted by molar-refractivity contribution is -0.121. The smallest absolute Gasteiger partial charge is 0.241 e. The van der Waals surface area contributed by atoms with E-state index in [4.69, 9.17) is 11.6 Å². The molecule has 1 heterocycles. The number of hydrogen-bond donors (Lipinski definition) is 2. The molecular weight excluding hydrogens is 307 g/mol. The van der Waals surface area contributed by atoms with Crippen molar-refractivity contribution < 1.29 is 17.6 Å². The summed E-state index contributed by atoms with van der Waals surface area (Å²) < 4.78 is 39.8. The third kappa shape index (κ3) is 2.79. The average Bonchev–Trinajstić information content (AvgIpc) is 2.59. The van der Waals surface area contributed by atoms with Crippen LogP contribution < -0.4 is 10.0 Å². The highest BCUT2D eigenvalue weighted by molar-refractivity contribution is 7.89. The average molecular weight is 321 g/mol. The van der Waals surface area contributed by atoms with E-state index in [0.29, 0.717) is 6.54 Å².